The summed E-state index contributed by atoms with van der Waals surface area (Å²) >= 11 is 6.45. The number of aromatic nitrogens is 4. The van der Waals surface area contributed by atoms with Gasteiger partial charge in [-0.2, -0.15) is 10.3 Å². The molecule has 0 atom stereocenters. The number of aromatic amines is 1. The molecule has 9 heteroatoms. The summed E-state index contributed by atoms with van der Waals surface area (Å²) in [6.07, 6.45) is 1.56. The molecule has 3 N–H and O–H groups in total. The third-order valence-corrected chi connectivity index (χ3v) is 2.97. The smallest absolute Gasteiger partial charge is 0.283 e. The molecular formula is C8H6Br2N6O. The van der Waals surface area contributed by atoms with Crippen molar-refractivity contribution in [2.45, 2.75) is 0 Å². The summed E-state index contributed by atoms with van der Waals surface area (Å²) in [5.74, 6) is 0.423. The van der Waals surface area contributed by atoms with Crippen LogP contribution < -0.4 is 5.43 Å². The first-order valence-electron chi connectivity index (χ1n) is 4.37. The second-order valence-electron chi connectivity index (χ2n) is 2.94. The molecule has 0 fully saturated rings. The minimum absolute atomic E-state index is 0.147. The average molecular weight is 362 g/mol. The molecule has 1 heterocycles. The lowest BCUT2D eigenvalue weighted by molar-refractivity contribution is 0.468. The minimum atomic E-state index is 0.147. The Labute approximate surface area is 113 Å². The van der Waals surface area contributed by atoms with Crippen molar-refractivity contribution in [1.29, 1.82) is 0 Å². The molecule has 2 aromatic rings. The Kier molecular flexibility index (Phi) is 3.69. The fourth-order valence-electron chi connectivity index (χ4n) is 1.03. The number of benzene rings is 1. The van der Waals surface area contributed by atoms with Crippen molar-refractivity contribution in [2.75, 3.05) is 5.43 Å². The Hall–Kier alpha value is -1.48. The van der Waals surface area contributed by atoms with Crippen LogP contribution in [0, 0.1) is 0 Å². The average Bonchev–Trinajstić information content (AvgIpc) is 2.79. The van der Waals surface area contributed by atoms with Gasteiger partial charge in [-0.05, 0) is 54.8 Å². The topological polar surface area (TPSA) is 99.1 Å². The fraction of sp³-hybridized carbons (Fsp3) is 0. The van der Waals surface area contributed by atoms with E-state index in [-0.39, 0.29) is 11.7 Å². The molecule has 1 aromatic carbocycles. The predicted octanol–water partition coefficient (Wildman–Crippen LogP) is 1.88. The van der Waals surface area contributed by atoms with Gasteiger partial charge in [-0.3, -0.25) is 0 Å². The predicted molar refractivity (Wildman–Crippen MR) is 68.9 cm³/mol. The van der Waals surface area contributed by atoms with Gasteiger partial charge in [-0.15, -0.1) is 5.10 Å². The molecule has 17 heavy (non-hydrogen) atoms. The molecule has 0 unspecified atom stereocenters. The van der Waals surface area contributed by atoms with Crippen LogP contribution in [0.1, 0.15) is 5.56 Å². The molecule has 0 aliphatic carbocycles. The van der Waals surface area contributed by atoms with Gasteiger partial charge in [-0.25, -0.2) is 5.43 Å². The van der Waals surface area contributed by atoms with Crippen molar-refractivity contribution in [2.24, 2.45) is 5.10 Å². The van der Waals surface area contributed by atoms with Crippen LogP contribution in [0.2, 0.25) is 0 Å². The van der Waals surface area contributed by atoms with Crippen molar-refractivity contribution in [1.82, 2.24) is 20.6 Å². The fourth-order valence-corrected chi connectivity index (χ4v) is 2.26. The van der Waals surface area contributed by atoms with E-state index in [1.165, 1.54) is 0 Å². The second-order valence-corrected chi connectivity index (χ2v) is 4.65. The van der Waals surface area contributed by atoms with Gasteiger partial charge in [0.05, 0.1) is 15.2 Å². The van der Waals surface area contributed by atoms with Crippen LogP contribution in [0.15, 0.2) is 26.2 Å². The minimum Gasteiger partial charge on any atom is -0.506 e. The SMILES string of the molecule is Oc1c(Br)cc(C=NNc2nn[nH]n2)cc1Br. The summed E-state index contributed by atoms with van der Waals surface area (Å²) in [7, 11) is 0. The van der Waals surface area contributed by atoms with Crippen molar-refractivity contribution in [3.8, 4) is 5.75 Å². The first kappa shape index (κ1) is 12.0. The number of hydrogen-bond donors (Lipinski definition) is 3. The van der Waals surface area contributed by atoms with Crippen LogP contribution in [0.4, 0.5) is 5.95 Å². The van der Waals surface area contributed by atoms with Crippen LogP contribution in [0.3, 0.4) is 0 Å². The number of phenols is 1. The molecule has 0 radical (unpaired) electrons. The third-order valence-electron chi connectivity index (χ3n) is 1.76. The summed E-state index contributed by atoms with van der Waals surface area (Å²) in [6, 6.07) is 3.45. The van der Waals surface area contributed by atoms with Crippen LogP contribution in [0.25, 0.3) is 0 Å². The number of halogens is 2. The van der Waals surface area contributed by atoms with E-state index >= 15 is 0 Å². The molecule has 0 aliphatic rings. The number of hydrogen-bond acceptors (Lipinski definition) is 6. The van der Waals surface area contributed by atoms with Gasteiger partial charge in [0.2, 0.25) is 0 Å². The van der Waals surface area contributed by atoms with Crippen molar-refractivity contribution in [3.63, 3.8) is 0 Å². The summed E-state index contributed by atoms with van der Waals surface area (Å²) in [5.41, 5.74) is 3.38. The van der Waals surface area contributed by atoms with Crippen molar-refractivity contribution < 1.29 is 5.11 Å². The summed E-state index contributed by atoms with van der Waals surface area (Å²) in [6.45, 7) is 0. The number of hydrazone groups is 1. The standard InChI is InChI=1S/C8H6Br2N6O/c9-5-1-4(2-6(10)7(5)17)3-11-12-8-13-15-16-14-8/h1-3,17H,(H2,12,13,14,15,16). The molecular weight excluding hydrogens is 356 g/mol. The Morgan fingerprint density at radius 2 is 2.06 bits per heavy atom. The van der Waals surface area contributed by atoms with E-state index in [1.54, 1.807) is 18.3 Å². The van der Waals surface area contributed by atoms with E-state index in [4.69, 9.17) is 0 Å². The molecule has 0 spiro atoms. The lowest BCUT2D eigenvalue weighted by Crippen LogP contribution is -1.92. The first-order chi connectivity index (χ1) is 8.16. The Morgan fingerprint density at radius 3 is 2.65 bits per heavy atom. The van der Waals surface area contributed by atoms with Gasteiger partial charge >= 0.3 is 0 Å². The van der Waals surface area contributed by atoms with E-state index in [0.717, 1.165) is 5.56 Å². The second kappa shape index (κ2) is 5.23. The molecule has 2 rings (SSSR count). The summed E-state index contributed by atoms with van der Waals surface area (Å²) in [4.78, 5) is 0. The van der Waals surface area contributed by atoms with Crippen LogP contribution in [-0.4, -0.2) is 31.9 Å². The molecule has 88 valence electrons. The quantitative estimate of drug-likeness (QED) is 0.572. The van der Waals surface area contributed by atoms with E-state index in [9.17, 15) is 5.11 Å². The largest absolute Gasteiger partial charge is 0.506 e. The Bertz CT molecular complexity index is 518. The van der Waals surface area contributed by atoms with Gasteiger partial charge in [-0.1, -0.05) is 5.10 Å². The molecule has 0 saturated carbocycles. The molecule has 0 aliphatic heterocycles. The van der Waals surface area contributed by atoms with Crippen molar-refractivity contribution in [3.05, 3.63) is 26.6 Å². The highest BCUT2D eigenvalue weighted by molar-refractivity contribution is 9.11. The maximum Gasteiger partial charge on any atom is 0.283 e. The summed E-state index contributed by atoms with van der Waals surface area (Å²) < 4.78 is 1.15. The number of aromatic hydroxyl groups is 1. The Balaban J connectivity index is 2.11. The monoisotopic (exact) mass is 360 g/mol. The van der Waals surface area contributed by atoms with Crippen LogP contribution >= 0.6 is 31.9 Å². The Morgan fingerprint density at radius 1 is 1.35 bits per heavy atom. The normalized spacial score (nSPS) is 10.9. The van der Waals surface area contributed by atoms with Gasteiger partial charge in [0.25, 0.3) is 5.95 Å². The van der Waals surface area contributed by atoms with Gasteiger partial charge in [0.1, 0.15) is 5.75 Å². The third kappa shape index (κ3) is 3.01. The lowest BCUT2D eigenvalue weighted by Gasteiger charge is -2.01. The van der Waals surface area contributed by atoms with E-state index in [0.29, 0.717) is 8.95 Å². The lowest BCUT2D eigenvalue weighted by atomic mass is 10.2. The maximum absolute atomic E-state index is 9.52. The number of anilines is 1. The number of rotatable bonds is 3. The molecule has 7 nitrogen and oxygen atoms in total. The molecule has 0 bridgehead atoms. The zero-order valence-corrected chi connectivity index (χ0v) is 11.4. The van der Waals surface area contributed by atoms with Crippen LogP contribution in [0.5, 0.6) is 5.75 Å². The highest BCUT2D eigenvalue weighted by atomic mass is 79.9. The zero-order chi connectivity index (χ0) is 12.3. The number of nitrogens with zero attached hydrogens (tertiary/aromatic N) is 4. The first-order valence-corrected chi connectivity index (χ1v) is 5.96. The van der Waals surface area contributed by atoms with Crippen molar-refractivity contribution >= 4 is 44.0 Å². The highest BCUT2D eigenvalue weighted by Crippen LogP contribution is 2.32. The van der Waals surface area contributed by atoms with Gasteiger partial charge < -0.3 is 5.11 Å². The maximum atomic E-state index is 9.52. The van der Waals surface area contributed by atoms with Gasteiger partial charge in [0, 0.05) is 0 Å². The number of H-pyrrole nitrogens is 1. The van der Waals surface area contributed by atoms with Crippen LogP contribution in [-0.2, 0) is 0 Å². The van der Waals surface area contributed by atoms with E-state index in [1.807, 2.05) is 0 Å². The van der Waals surface area contributed by atoms with E-state index in [2.05, 4.69) is 63.0 Å². The molecule has 0 saturated heterocycles. The number of phenolic OH excluding ortho intramolecular Hbond substituents is 1. The van der Waals surface area contributed by atoms with Gasteiger partial charge in [0.15, 0.2) is 0 Å². The molecule has 0 amide bonds. The number of tetrazole rings is 1. The molecule has 1 aromatic heterocycles. The van der Waals surface area contributed by atoms with E-state index < -0.39 is 0 Å². The number of nitrogens with one attached hydrogen (secondary N) is 2. The summed E-state index contributed by atoms with van der Waals surface area (Å²) in [5, 5.41) is 26.4. The highest BCUT2D eigenvalue weighted by Gasteiger charge is 2.04. The zero-order valence-electron chi connectivity index (χ0n) is 8.22.